The summed E-state index contributed by atoms with van der Waals surface area (Å²) in [5.41, 5.74) is 3.03. The van der Waals surface area contributed by atoms with E-state index in [1.54, 1.807) is 6.07 Å². The molecule has 2 aromatic heterocycles. The summed E-state index contributed by atoms with van der Waals surface area (Å²) in [5, 5.41) is 1.09. The second-order valence-electron chi connectivity index (χ2n) is 9.75. The molecular formula is C26H31N3O2. The number of hydrogen-bond acceptors (Lipinski definition) is 2. The van der Waals surface area contributed by atoms with Gasteiger partial charge in [-0.1, -0.05) is 38.1 Å². The van der Waals surface area contributed by atoms with Crippen molar-refractivity contribution in [1.29, 1.82) is 0 Å². The van der Waals surface area contributed by atoms with Crippen molar-refractivity contribution in [3.63, 3.8) is 0 Å². The molecule has 1 amide bonds. The zero-order chi connectivity index (χ0) is 21.7. The summed E-state index contributed by atoms with van der Waals surface area (Å²) in [4.78, 5) is 28.5. The molecule has 0 radical (unpaired) electrons. The average Bonchev–Trinajstić information content (AvgIpc) is 3.10. The highest BCUT2D eigenvalue weighted by Gasteiger charge is 2.42. The molecule has 4 heterocycles. The van der Waals surface area contributed by atoms with E-state index in [0.717, 1.165) is 48.1 Å². The minimum atomic E-state index is 0.0998. The van der Waals surface area contributed by atoms with E-state index >= 15 is 0 Å². The number of nitrogens with zero attached hydrogens (tertiary/aromatic N) is 3. The lowest BCUT2D eigenvalue weighted by atomic mass is 9.76. The van der Waals surface area contributed by atoms with Gasteiger partial charge in [0, 0.05) is 54.8 Å². The molecule has 5 nitrogen and oxygen atoms in total. The predicted molar refractivity (Wildman–Crippen MR) is 123 cm³/mol. The van der Waals surface area contributed by atoms with Crippen LogP contribution in [0.4, 0.5) is 0 Å². The zero-order valence-corrected chi connectivity index (χ0v) is 18.6. The molecule has 0 unspecified atom stereocenters. The SMILES string of the molecule is CC(C)CC[C@H]1[C@H]2C[C@H](CN(C(=O)c3cc4ccccc4n3C)C2)c2cccc(=O)n21. The maximum Gasteiger partial charge on any atom is 0.270 e. The van der Waals surface area contributed by atoms with Crippen molar-refractivity contribution < 1.29 is 4.79 Å². The zero-order valence-electron chi connectivity index (χ0n) is 18.6. The van der Waals surface area contributed by atoms with E-state index in [1.807, 2.05) is 40.8 Å². The van der Waals surface area contributed by atoms with Crippen LogP contribution in [0, 0.1) is 11.8 Å². The van der Waals surface area contributed by atoms with Crippen LogP contribution in [0.5, 0.6) is 0 Å². The molecule has 162 valence electrons. The average molecular weight is 418 g/mol. The number of piperidine rings is 1. The van der Waals surface area contributed by atoms with Gasteiger partial charge in [0.05, 0.1) is 0 Å². The Morgan fingerprint density at radius 3 is 2.68 bits per heavy atom. The molecule has 1 fully saturated rings. The molecule has 2 aliphatic rings. The van der Waals surface area contributed by atoms with Crippen molar-refractivity contribution in [1.82, 2.24) is 14.0 Å². The second kappa shape index (κ2) is 7.70. The van der Waals surface area contributed by atoms with Crippen molar-refractivity contribution in [2.45, 2.75) is 45.1 Å². The minimum absolute atomic E-state index is 0.0998. The van der Waals surface area contributed by atoms with E-state index in [-0.39, 0.29) is 23.4 Å². The van der Waals surface area contributed by atoms with Crippen LogP contribution in [0.2, 0.25) is 0 Å². The lowest BCUT2D eigenvalue weighted by molar-refractivity contribution is 0.0505. The topological polar surface area (TPSA) is 47.2 Å². The summed E-state index contributed by atoms with van der Waals surface area (Å²) in [6.07, 6.45) is 3.14. The molecule has 0 N–H and O–H groups in total. The molecule has 3 aromatic rings. The quantitative estimate of drug-likeness (QED) is 0.624. The Hall–Kier alpha value is -2.82. The Morgan fingerprint density at radius 2 is 1.90 bits per heavy atom. The van der Waals surface area contributed by atoms with Crippen LogP contribution in [0.25, 0.3) is 10.9 Å². The van der Waals surface area contributed by atoms with E-state index in [2.05, 4.69) is 36.6 Å². The van der Waals surface area contributed by atoms with E-state index in [0.29, 0.717) is 18.4 Å². The van der Waals surface area contributed by atoms with Crippen LogP contribution in [0.3, 0.4) is 0 Å². The van der Waals surface area contributed by atoms with Crippen molar-refractivity contribution in [2.75, 3.05) is 13.1 Å². The van der Waals surface area contributed by atoms with Crippen LogP contribution in [-0.2, 0) is 7.05 Å². The molecule has 1 aromatic carbocycles. The lowest BCUT2D eigenvalue weighted by Gasteiger charge is -2.47. The van der Waals surface area contributed by atoms with E-state index < -0.39 is 0 Å². The van der Waals surface area contributed by atoms with Crippen molar-refractivity contribution >= 4 is 16.8 Å². The van der Waals surface area contributed by atoms with Crippen LogP contribution in [0.15, 0.2) is 53.3 Å². The largest absolute Gasteiger partial charge is 0.340 e. The molecule has 0 spiro atoms. The number of hydrogen-bond donors (Lipinski definition) is 0. The number of aryl methyl sites for hydroxylation is 1. The van der Waals surface area contributed by atoms with Gasteiger partial charge in [0.1, 0.15) is 5.69 Å². The van der Waals surface area contributed by atoms with Crippen molar-refractivity contribution in [2.24, 2.45) is 18.9 Å². The Morgan fingerprint density at radius 1 is 1.10 bits per heavy atom. The fraction of sp³-hybridized carbons (Fsp3) is 0.462. The highest BCUT2D eigenvalue weighted by Crippen LogP contribution is 2.43. The summed E-state index contributed by atoms with van der Waals surface area (Å²) in [6.45, 7) is 5.87. The third-order valence-corrected chi connectivity index (χ3v) is 7.30. The summed E-state index contributed by atoms with van der Waals surface area (Å²) < 4.78 is 4.07. The van der Waals surface area contributed by atoms with Crippen molar-refractivity contribution in [3.05, 3.63) is 70.3 Å². The molecule has 5 heteroatoms. The standard InChI is InChI=1S/C26H31N3O2/c1-17(2)11-12-23-20-13-19(22-9-6-10-25(30)29(22)23)15-28(16-20)26(31)24-14-18-7-4-5-8-21(18)27(24)3/h4-10,14,17,19-20,23H,11-13,15-16H2,1-3H3/t19-,20+,23+/m1/s1. The first kappa shape index (κ1) is 20.1. The van der Waals surface area contributed by atoms with Gasteiger partial charge in [-0.25, -0.2) is 0 Å². The van der Waals surface area contributed by atoms with Gasteiger partial charge >= 0.3 is 0 Å². The predicted octanol–water partition coefficient (Wildman–Crippen LogP) is 4.58. The summed E-state index contributed by atoms with van der Waals surface area (Å²) in [5.74, 6) is 1.24. The Labute approximate surface area is 183 Å². The first-order valence-electron chi connectivity index (χ1n) is 11.5. The van der Waals surface area contributed by atoms with Gasteiger partial charge in [-0.05, 0) is 49.3 Å². The molecule has 5 rings (SSSR count). The van der Waals surface area contributed by atoms with Crippen LogP contribution in [-0.4, -0.2) is 33.0 Å². The number of benzene rings is 1. The molecule has 0 aliphatic carbocycles. The number of aromatic nitrogens is 2. The summed E-state index contributed by atoms with van der Waals surface area (Å²) >= 11 is 0. The van der Waals surface area contributed by atoms with Crippen LogP contribution in [0.1, 0.15) is 61.3 Å². The normalized spacial score (nSPS) is 22.7. The highest BCUT2D eigenvalue weighted by atomic mass is 16.2. The van der Waals surface area contributed by atoms with Gasteiger partial charge in [-0.15, -0.1) is 0 Å². The number of pyridine rings is 1. The number of likely N-dealkylation sites (tertiary alicyclic amines) is 1. The fourth-order valence-corrected chi connectivity index (χ4v) is 5.74. The molecular weight excluding hydrogens is 386 g/mol. The Bertz CT molecular complexity index is 1190. The third kappa shape index (κ3) is 3.40. The second-order valence-corrected chi connectivity index (χ2v) is 9.75. The van der Waals surface area contributed by atoms with Gasteiger partial charge in [0.15, 0.2) is 0 Å². The number of fused-ring (bicyclic) bond motifs is 5. The maximum absolute atomic E-state index is 13.6. The first-order valence-corrected chi connectivity index (χ1v) is 11.5. The first-order chi connectivity index (χ1) is 14.9. The molecule has 3 atom stereocenters. The molecule has 1 saturated heterocycles. The number of para-hydroxylation sites is 1. The number of amides is 1. The summed E-state index contributed by atoms with van der Waals surface area (Å²) in [7, 11) is 1.97. The van der Waals surface area contributed by atoms with Gasteiger partial charge in [-0.3, -0.25) is 9.59 Å². The van der Waals surface area contributed by atoms with Crippen LogP contribution < -0.4 is 5.56 Å². The van der Waals surface area contributed by atoms with Gasteiger partial charge in [0.2, 0.25) is 0 Å². The number of rotatable bonds is 4. The van der Waals surface area contributed by atoms with E-state index in [1.165, 1.54) is 0 Å². The molecule has 2 bridgehead atoms. The fourth-order valence-electron chi connectivity index (χ4n) is 5.74. The third-order valence-electron chi connectivity index (χ3n) is 7.30. The Kier molecular flexibility index (Phi) is 4.99. The number of carbonyl (C=O) groups excluding carboxylic acids is 1. The molecule has 2 aliphatic heterocycles. The maximum atomic E-state index is 13.6. The lowest BCUT2D eigenvalue weighted by Crippen LogP contribution is -2.51. The molecule has 0 saturated carbocycles. The van der Waals surface area contributed by atoms with E-state index in [4.69, 9.17) is 0 Å². The van der Waals surface area contributed by atoms with Crippen molar-refractivity contribution in [3.8, 4) is 0 Å². The Balaban J connectivity index is 1.50. The summed E-state index contributed by atoms with van der Waals surface area (Å²) in [6, 6.07) is 16.0. The van der Waals surface area contributed by atoms with E-state index in [9.17, 15) is 9.59 Å². The smallest absolute Gasteiger partial charge is 0.270 e. The minimum Gasteiger partial charge on any atom is -0.340 e. The van der Waals surface area contributed by atoms with Gasteiger partial charge in [-0.2, -0.15) is 0 Å². The highest BCUT2D eigenvalue weighted by molar-refractivity contribution is 5.98. The monoisotopic (exact) mass is 417 g/mol. The van der Waals surface area contributed by atoms with Crippen LogP contribution >= 0.6 is 0 Å². The van der Waals surface area contributed by atoms with Gasteiger partial charge in [0.25, 0.3) is 11.5 Å². The van der Waals surface area contributed by atoms with Gasteiger partial charge < -0.3 is 14.0 Å². The number of carbonyl (C=O) groups is 1. The molecule has 31 heavy (non-hydrogen) atoms.